The van der Waals surface area contributed by atoms with Gasteiger partial charge in [-0.25, -0.2) is 9.97 Å². The van der Waals surface area contributed by atoms with Crippen molar-refractivity contribution in [2.75, 3.05) is 30.9 Å². The standard InChI is InChI=1S/C21H22N4O2/c1-25(17-8-4-3-5-9-17)20(26)19-12-14-23-21(24-19)22-13-11-16-7-6-10-18(15-16)27-2/h3-10,12,14-15H,11,13H2,1-2H3,(H,22,23,24). The van der Waals surface area contributed by atoms with E-state index in [2.05, 4.69) is 15.3 Å². The van der Waals surface area contributed by atoms with Crippen molar-refractivity contribution < 1.29 is 9.53 Å². The Labute approximate surface area is 158 Å². The second-order valence-electron chi connectivity index (χ2n) is 5.99. The van der Waals surface area contributed by atoms with Gasteiger partial charge in [0.15, 0.2) is 0 Å². The van der Waals surface area contributed by atoms with Crippen LogP contribution in [0.1, 0.15) is 16.1 Å². The number of para-hydroxylation sites is 1. The van der Waals surface area contributed by atoms with Crippen LogP contribution in [0.3, 0.4) is 0 Å². The summed E-state index contributed by atoms with van der Waals surface area (Å²) in [4.78, 5) is 22.8. The van der Waals surface area contributed by atoms with Crippen LogP contribution in [0.2, 0.25) is 0 Å². The molecule has 1 amide bonds. The fourth-order valence-electron chi connectivity index (χ4n) is 2.65. The maximum atomic E-state index is 12.7. The second kappa shape index (κ2) is 8.80. The molecule has 0 saturated heterocycles. The Hall–Kier alpha value is -3.41. The summed E-state index contributed by atoms with van der Waals surface area (Å²) in [6, 6.07) is 19.0. The molecule has 6 nitrogen and oxygen atoms in total. The van der Waals surface area contributed by atoms with Crippen molar-refractivity contribution in [2.45, 2.75) is 6.42 Å². The highest BCUT2D eigenvalue weighted by Gasteiger charge is 2.15. The number of hydrogen-bond donors (Lipinski definition) is 1. The third-order valence-electron chi connectivity index (χ3n) is 4.15. The smallest absolute Gasteiger partial charge is 0.276 e. The van der Waals surface area contributed by atoms with E-state index in [0.717, 1.165) is 23.4 Å². The Morgan fingerprint density at radius 2 is 1.93 bits per heavy atom. The van der Waals surface area contributed by atoms with E-state index in [0.29, 0.717) is 18.2 Å². The van der Waals surface area contributed by atoms with E-state index < -0.39 is 0 Å². The van der Waals surface area contributed by atoms with Crippen molar-refractivity contribution in [3.63, 3.8) is 0 Å². The van der Waals surface area contributed by atoms with Crippen LogP contribution in [0.25, 0.3) is 0 Å². The van der Waals surface area contributed by atoms with Crippen LogP contribution >= 0.6 is 0 Å². The Balaban J connectivity index is 1.62. The minimum absolute atomic E-state index is 0.181. The fraction of sp³-hybridized carbons (Fsp3) is 0.190. The van der Waals surface area contributed by atoms with Gasteiger partial charge in [0.2, 0.25) is 5.95 Å². The Morgan fingerprint density at radius 3 is 2.70 bits per heavy atom. The van der Waals surface area contributed by atoms with E-state index in [1.165, 1.54) is 0 Å². The Kier molecular flexibility index (Phi) is 5.99. The van der Waals surface area contributed by atoms with E-state index in [4.69, 9.17) is 4.74 Å². The third-order valence-corrected chi connectivity index (χ3v) is 4.15. The van der Waals surface area contributed by atoms with Gasteiger partial charge < -0.3 is 15.0 Å². The van der Waals surface area contributed by atoms with Gasteiger partial charge in [0, 0.05) is 25.5 Å². The summed E-state index contributed by atoms with van der Waals surface area (Å²) >= 11 is 0. The number of methoxy groups -OCH3 is 1. The SMILES string of the molecule is COc1cccc(CCNc2nccc(C(=O)N(C)c3ccccc3)n2)c1. The highest BCUT2D eigenvalue weighted by Crippen LogP contribution is 2.15. The molecule has 0 bridgehead atoms. The zero-order valence-electron chi connectivity index (χ0n) is 15.4. The Morgan fingerprint density at radius 1 is 1.11 bits per heavy atom. The lowest BCUT2D eigenvalue weighted by molar-refractivity contribution is 0.0988. The molecule has 1 heterocycles. The van der Waals surface area contributed by atoms with Gasteiger partial charge in [-0.3, -0.25) is 4.79 Å². The van der Waals surface area contributed by atoms with Gasteiger partial charge in [-0.15, -0.1) is 0 Å². The Bertz CT molecular complexity index is 899. The predicted octanol–water partition coefficient (Wildman–Crippen LogP) is 3.42. The molecule has 27 heavy (non-hydrogen) atoms. The minimum atomic E-state index is -0.181. The summed E-state index contributed by atoms with van der Waals surface area (Å²) in [5.41, 5.74) is 2.31. The monoisotopic (exact) mass is 362 g/mol. The topological polar surface area (TPSA) is 67.3 Å². The molecule has 138 valence electrons. The molecule has 3 rings (SSSR count). The second-order valence-corrected chi connectivity index (χ2v) is 5.99. The lowest BCUT2D eigenvalue weighted by Gasteiger charge is -2.17. The van der Waals surface area contributed by atoms with Gasteiger partial charge in [-0.05, 0) is 42.3 Å². The van der Waals surface area contributed by atoms with E-state index in [1.807, 2.05) is 54.6 Å². The quantitative estimate of drug-likeness (QED) is 0.698. The summed E-state index contributed by atoms with van der Waals surface area (Å²) in [5, 5.41) is 3.17. The third kappa shape index (κ3) is 4.82. The molecule has 0 radical (unpaired) electrons. The van der Waals surface area contributed by atoms with Crippen LogP contribution in [0.5, 0.6) is 5.75 Å². The number of carbonyl (C=O) groups excluding carboxylic acids is 1. The average molecular weight is 362 g/mol. The summed E-state index contributed by atoms with van der Waals surface area (Å²) in [6.45, 7) is 0.652. The number of nitrogens with zero attached hydrogens (tertiary/aromatic N) is 3. The van der Waals surface area contributed by atoms with Crippen LogP contribution in [0.4, 0.5) is 11.6 Å². The molecule has 1 N–H and O–H groups in total. The molecule has 6 heteroatoms. The van der Waals surface area contributed by atoms with Gasteiger partial charge in [0.25, 0.3) is 5.91 Å². The van der Waals surface area contributed by atoms with Crippen LogP contribution in [-0.2, 0) is 6.42 Å². The molecule has 1 aromatic heterocycles. The molecule has 0 unspecified atom stereocenters. The first-order valence-corrected chi connectivity index (χ1v) is 8.70. The van der Waals surface area contributed by atoms with Gasteiger partial charge >= 0.3 is 0 Å². The first-order valence-electron chi connectivity index (χ1n) is 8.70. The van der Waals surface area contributed by atoms with Crippen molar-refractivity contribution in [3.05, 3.63) is 78.1 Å². The molecule has 0 spiro atoms. The van der Waals surface area contributed by atoms with Crippen molar-refractivity contribution >= 4 is 17.5 Å². The van der Waals surface area contributed by atoms with E-state index in [9.17, 15) is 4.79 Å². The van der Waals surface area contributed by atoms with Crippen LogP contribution < -0.4 is 15.0 Å². The number of amides is 1. The number of anilines is 2. The number of benzene rings is 2. The number of aromatic nitrogens is 2. The highest BCUT2D eigenvalue weighted by atomic mass is 16.5. The molecular formula is C21H22N4O2. The summed E-state index contributed by atoms with van der Waals surface area (Å²) in [7, 11) is 3.38. The lowest BCUT2D eigenvalue weighted by atomic mass is 10.1. The molecule has 0 aliphatic heterocycles. The first-order chi connectivity index (χ1) is 13.2. The summed E-state index contributed by atoms with van der Waals surface area (Å²) < 4.78 is 5.23. The molecule has 0 atom stereocenters. The number of hydrogen-bond acceptors (Lipinski definition) is 5. The highest BCUT2D eigenvalue weighted by molar-refractivity contribution is 6.04. The molecular weight excluding hydrogens is 340 g/mol. The molecule has 0 aliphatic rings. The van der Waals surface area contributed by atoms with E-state index >= 15 is 0 Å². The largest absolute Gasteiger partial charge is 0.497 e. The van der Waals surface area contributed by atoms with Gasteiger partial charge in [-0.1, -0.05) is 30.3 Å². The van der Waals surface area contributed by atoms with Crippen LogP contribution in [0, 0.1) is 0 Å². The molecule has 0 saturated carbocycles. The molecule has 0 fully saturated rings. The molecule has 3 aromatic rings. The summed E-state index contributed by atoms with van der Waals surface area (Å²) in [5.74, 6) is 1.09. The predicted molar refractivity (Wildman–Crippen MR) is 106 cm³/mol. The molecule has 0 aliphatic carbocycles. The maximum absolute atomic E-state index is 12.7. The lowest BCUT2D eigenvalue weighted by Crippen LogP contribution is -2.27. The van der Waals surface area contributed by atoms with E-state index in [-0.39, 0.29) is 5.91 Å². The van der Waals surface area contributed by atoms with E-state index in [1.54, 1.807) is 31.3 Å². The first kappa shape index (κ1) is 18.4. The fourth-order valence-corrected chi connectivity index (χ4v) is 2.65. The molecule has 2 aromatic carbocycles. The van der Waals surface area contributed by atoms with Crippen molar-refractivity contribution in [2.24, 2.45) is 0 Å². The number of ether oxygens (including phenoxy) is 1. The average Bonchev–Trinajstić information content (AvgIpc) is 2.73. The zero-order valence-corrected chi connectivity index (χ0v) is 15.4. The van der Waals surface area contributed by atoms with Gasteiger partial charge in [-0.2, -0.15) is 0 Å². The van der Waals surface area contributed by atoms with Crippen LogP contribution in [-0.4, -0.2) is 36.6 Å². The van der Waals surface area contributed by atoms with Crippen molar-refractivity contribution in [1.29, 1.82) is 0 Å². The van der Waals surface area contributed by atoms with Gasteiger partial charge in [0.1, 0.15) is 11.4 Å². The maximum Gasteiger partial charge on any atom is 0.276 e. The summed E-state index contributed by atoms with van der Waals surface area (Å²) in [6.07, 6.45) is 2.38. The van der Waals surface area contributed by atoms with Crippen molar-refractivity contribution in [3.8, 4) is 5.75 Å². The normalized spacial score (nSPS) is 10.3. The number of nitrogens with one attached hydrogen (secondary N) is 1. The van der Waals surface area contributed by atoms with Crippen molar-refractivity contribution in [1.82, 2.24) is 9.97 Å². The zero-order chi connectivity index (χ0) is 19.1. The minimum Gasteiger partial charge on any atom is -0.497 e. The van der Waals surface area contributed by atoms with Crippen LogP contribution in [0.15, 0.2) is 66.9 Å². The number of carbonyl (C=O) groups is 1. The van der Waals surface area contributed by atoms with Gasteiger partial charge in [0.05, 0.1) is 7.11 Å². The number of rotatable bonds is 7.